The fourth-order valence-corrected chi connectivity index (χ4v) is 2.51. The summed E-state index contributed by atoms with van der Waals surface area (Å²) in [6.07, 6.45) is 0.958. The number of Topliss-reactive ketones (excluding diaryl/α,β-unsaturated/α-hetero) is 1. The molecular formula is C22H25NO4. The van der Waals surface area contributed by atoms with Gasteiger partial charge in [0.2, 0.25) is 5.91 Å². The van der Waals surface area contributed by atoms with Crippen LogP contribution in [-0.2, 0) is 9.53 Å². The molecule has 0 aliphatic rings. The van der Waals surface area contributed by atoms with E-state index >= 15 is 0 Å². The van der Waals surface area contributed by atoms with E-state index in [2.05, 4.69) is 5.32 Å². The Kier molecular flexibility index (Phi) is 7.29. The van der Waals surface area contributed by atoms with Crippen LogP contribution in [0, 0.1) is 13.8 Å². The van der Waals surface area contributed by atoms with E-state index in [0.29, 0.717) is 23.4 Å². The van der Waals surface area contributed by atoms with Gasteiger partial charge >= 0.3 is 5.97 Å². The number of hydrogen-bond acceptors (Lipinski definition) is 4. The molecule has 2 aromatic rings. The molecular weight excluding hydrogens is 342 g/mol. The van der Waals surface area contributed by atoms with Gasteiger partial charge in [-0.2, -0.15) is 0 Å². The van der Waals surface area contributed by atoms with Crippen molar-refractivity contribution in [2.45, 2.75) is 40.0 Å². The third kappa shape index (κ3) is 6.06. The third-order valence-electron chi connectivity index (χ3n) is 4.23. The zero-order chi connectivity index (χ0) is 19.8. The van der Waals surface area contributed by atoms with Crippen molar-refractivity contribution in [3.05, 3.63) is 64.7 Å². The Balaban J connectivity index is 1.91. The normalized spacial score (nSPS) is 10.3. The molecule has 142 valence electrons. The van der Waals surface area contributed by atoms with Crippen molar-refractivity contribution in [1.82, 2.24) is 0 Å². The maximum atomic E-state index is 12.3. The summed E-state index contributed by atoms with van der Waals surface area (Å²) in [5.41, 5.74) is 3.68. The molecule has 0 radical (unpaired) electrons. The van der Waals surface area contributed by atoms with Crippen LogP contribution in [-0.4, -0.2) is 24.3 Å². The summed E-state index contributed by atoms with van der Waals surface area (Å²) in [5, 5.41) is 2.72. The highest BCUT2D eigenvalue weighted by Gasteiger charge is 2.12. The fraction of sp³-hybridized carbons (Fsp3) is 0.318. The number of anilines is 1. The van der Waals surface area contributed by atoms with Crippen molar-refractivity contribution in [1.29, 1.82) is 0 Å². The highest BCUT2D eigenvalue weighted by atomic mass is 16.5. The van der Waals surface area contributed by atoms with Crippen molar-refractivity contribution in [2.24, 2.45) is 0 Å². The van der Waals surface area contributed by atoms with Gasteiger partial charge in [0.15, 0.2) is 5.78 Å². The number of benzene rings is 2. The average Bonchev–Trinajstić information content (AvgIpc) is 2.66. The zero-order valence-electron chi connectivity index (χ0n) is 16.0. The van der Waals surface area contributed by atoms with Gasteiger partial charge in [0.05, 0.1) is 12.2 Å². The average molecular weight is 367 g/mol. The highest BCUT2D eigenvalue weighted by molar-refractivity contribution is 6.00. The molecule has 1 amide bonds. The minimum Gasteiger partial charge on any atom is -0.462 e. The van der Waals surface area contributed by atoms with Crippen LogP contribution in [0.2, 0.25) is 0 Å². The van der Waals surface area contributed by atoms with Gasteiger partial charge < -0.3 is 10.1 Å². The number of rotatable bonds is 8. The Morgan fingerprint density at radius 3 is 2.41 bits per heavy atom. The Hall–Kier alpha value is -2.95. The smallest absolute Gasteiger partial charge is 0.338 e. The van der Waals surface area contributed by atoms with Crippen LogP contribution >= 0.6 is 0 Å². The first kappa shape index (κ1) is 20.4. The lowest BCUT2D eigenvalue weighted by Crippen LogP contribution is -2.14. The molecule has 0 spiro atoms. The van der Waals surface area contributed by atoms with Crippen molar-refractivity contribution >= 4 is 23.3 Å². The minimum atomic E-state index is -0.419. The Bertz CT molecular complexity index is 842. The van der Waals surface area contributed by atoms with E-state index in [0.717, 1.165) is 17.5 Å². The summed E-state index contributed by atoms with van der Waals surface area (Å²) in [6, 6.07) is 12.1. The van der Waals surface area contributed by atoms with Crippen molar-refractivity contribution in [2.75, 3.05) is 11.9 Å². The largest absolute Gasteiger partial charge is 0.462 e. The second-order valence-electron chi connectivity index (χ2n) is 6.49. The summed E-state index contributed by atoms with van der Waals surface area (Å²) in [4.78, 5) is 36.3. The highest BCUT2D eigenvalue weighted by Crippen LogP contribution is 2.15. The van der Waals surface area contributed by atoms with Gasteiger partial charge in [0.25, 0.3) is 0 Å². The summed E-state index contributed by atoms with van der Waals surface area (Å²) in [6.45, 7) is 6.22. The van der Waals surface area contributed by atoms with Crippen LogP contribution in [0.15, 0.2) is 42.5 Å². The lowest BCUT2D eigenvalue weighted by atomic mass is 10.0. The summed E-state index contributed by atoms with van der Waals surface area (Å²) in [7, 11) is 0. The molecule has 0 heterocycles. The van der Waals surface area contributed by atoms with Gasteiger partial charge in [-0.05, 0) is 55.7 Å². The molecule has 0 saturated heterocycles. The van der Waals surface area contributed by atoms with Gasteiger partial charge in [-0.25, -0.2) is 4.79 Å². The number of ether oxygens (including phenoxy) is 1. The number of amides is 1. The van der Waals surface area contributed by atoms with Crippen LogP contribution in [0.4, 0.5) is 5.69 Å². The first-order valence-electron chi connectivity index (χ1n) is 9.08. The molecule has 0 atom stereocenters. The van der Waals surface area contributed by atoms with E-state index in [1.807, 2.05) is 32.9 Å². The van der Waals surface area contributed by atoms with Crippen LogP contribution in [0.3, 0.4) is 0 Å². The second-order valence-corrected chi connectivity index (χ2v) is 6.49. The zero-order valence-corrected chi connectivity index (χ0v) is 16.0. The van der Waals surface area contributed by atoms with E-state index in [1.54, 1.807) is 30.3 Å². The number of nitrogens with one attached hydrogen (secondary N) is 1. The van der Waals surface area contributed by atoms with Gasteiger partial charge in [0, 0.05) is 24.1 Å². The number of esters is 1. The first-order chi connectivity index (χ1) is 12.9. The lowest BCUT2D eigenvalue weighted by Gasteiger charge is -2.08. The monoisotopic (exact) mass is 367 g/mol. The molecule has 5 nitrogen and oxygen atoms in total. The van der Waals surface area contributed by atoms with Crippen LogP contribution in [0.1, 0.15) is 58.0 Å². The fourth-order valence-electron chi connectivity index (χ4n) is 2.51. The first-order valence-corrected chi connectivity index (χ1v) is 9.08. The van der Waals surface area contributed by atoms with Crippen molar-refractivity contribution in [3.8, 4) is 0 Å². The molecule has 0 aromatic heterocycles. The Morgan fingerprint density at radius 1 is 0.926 bits per heavy atom. The van der Waals surface area contributed by atoms with E-state index in [-0.39, 0.29) is 24.5 Å². The minimum absolute atomic E-state index is 0.0647. The molecule has 0 saturated carbocycles. The molecule has 0 unspecified atom stereocenters. The number of hydrogen-bond donors (Lipinski definition) is 1. The van der Waals surface area contributed by atoms with Gasteiger partial charge in [0.1, 0.15) is 0 Å². The van der Waals surface area contributed by atoms with Crippen molar-refractivity contribution < 1.29 is 19.1 Å². The summed E-state index contributed by atoms with van der Waals surface area (Å²) in [5.74, 6) is -0.755. The predicted molar refractivity (Wildman–Crippen MR) is 105 cm³/mol. The number of aryl methyl sites for hydroxylation is 2. The van der Waals surface area contributed by atoms with Gasteiger partial charge in [-0.3, -0.25) is 9.59 Å². The Morgan fingerprint density at radius 2 is 1.70 bits per heavy atom. The summed E-state index contributed by atoms with van der Waals surface area (Å²) < 4.78 is 5.09. The summed E-state index contributed by atoms with van der Waals surface area (Å²) >= 11 is 0. The number of carbonyl (C=O) groups is 3. The lowest BCUT2D eigenvalue weighted by molar-refractivity contribution is -0.116. The quantitative estimate of drug-likeness (QED) is 0.552. The van der Waals surface area contributed by atoms with Crippen LogP contribution < -0.4 is 5.32 Å². The molecule has 5 heteroatoms. The maximum Gasteiger partial charge on any atom is 0.338 e. The number of carbonyl (C=O) groups excluding carboxylic acids is 3. The molecule has 0 bridgehead atoms. The van der Waals surface area contributed by atoms with Crippen LogP contribution in [0.25, 0.3) is 0 Å². The standard InChI is InChI=1S/C22H25NO4/c1-4-12-27-22(26)18-6-5-7-19(14-18)23-21(25)11-10-20(24)17-9-8-15(2)16(3)13-17/h5-9,13-14H,4,10-12H2,1-3H3,(H,23,25). The molecule has 1 N–H and O–H groups in total. The molecule has 0 aliphatic carbocycles. The van der Waals surface area contributed by atoms with Gasteiger partial charge in [-0.15, -0.1) is 0 Å². The van der Waals surface area contributed by atoms with E-state index in [4.69, 9.17) is 4.74 Å². The molecule has 0 aliphatic heterocycles. The number of ketones is 1. The van der Waals surface area contributed by atoms with E-state index < -0.39 is 5.97 Å². The van der Waals surface area contributed by atoms with Crippen LogP contribution in [0.5, 0.6) is 0 Å². The SMILES string of the molecule is CCCOC(=O)c1cccc(NC(=O)CCC(=O)c2ccc(C)c(C)c2)c1. The third-order valence-corrected chi connectivity index (χ3v) is 4.23. The molecule has 2 rings (SSSR count). The van der Waals surface area contributed by atoms with Crippen molar-refractivity contribution in [3.63, 3.8) is 0 Å². The van der Waals surface area contributed by atoms with E-state index in [9.17, 15) is 14.4 Å². The predicted octanol–water partition coefficient (Wildman–Crippen LogP) is 4.47. The molecule has 0 fully saturated rings. The van der Waals surface area contributed by atoms with Gasteiger partial charge in [-0.1, -0.05) is 25.1 Å². The topological polar surface area (TPSA) is 72.5 Å². The molecule has 2 aromatic carbocycles. The Labute approximate surface area is 159 Å². The second kappa shape index (κ2) is 9.67. The maximum absolute atomic E-state index is 12.3. The van der Waals surface area contributed by atoms with E-state index in [1.165, 1.54) is 0 Å². The molecule has 27 heavy (non-hydrogen) atoms.